The van der Waals surface area contributed by atoms with E-state index in [1.807, 2.05) is 0 Å². The highest BCUT2D eigenvalue weighted by Gasteiger charge is 2.92. The highest BCUT2D eigenvalue weighted by atomic mass is 15.0. The van der Waals surface area contributed by atoms with Gasteiger partial charge in [0.15, 0.2) is 0 Å². The zero-order valence-electron chi connectivity index (χ0n) is 13.2. The molecule has 0 N–H and O–H groups in total. The third-order valence-electron chi connectivity index (χ3n) is 9.84. The van der Waals surface area contributed by atoms with Gasteiger partial charge in [-0.15, -0.1) is 0 Å². The molecule has 98 valence electrons. The zero-order valence-corrected chi connectivity index (χ0v) is 13.2. The molecule has 0 radical (unpaired) electrons. The molecule has 0 spiro atoms. The fraction of sp³-hybridized carbons (Fsp3) is 1.00. The maximum absolute atomic E-state index is 2.61. The predicted molar refractivity (Wildman–Crippen MR) is 73.7 cm³/mol. The Balaban J connectivity index is 2.41. The molecule has 0 aromatic carbocycles. The molecule has 0 nitrogen and oxygen atoms in total. The van der Waals surface area contributed by atoms with Crippen LogP contribution in [0.4, 0.5) is 0 Å². The topological polar surface area (TPSA) is 0 Å². The average molecular weight is 234 g/mol. The van der Waals surface area contributed by atoms with Gasteiger partial charge in [0.2, 0.25) is 0 Å². The summed E-state index contributed by atoms with van der Waals surface area (Å²) >= 11 is 0. The van der Waals surface area contributed by atoms with Crippen molar-refractivity contribution in [3.63, 3.8) is 0 Å². The van der Waals surface area contributed by atoms with Crippen molar-refractivity contribution in [2.45, 2.75) is 62.3 Å². The van der Waals surface area contributed by atoms with E-state index in [0.29, 0.717) is 27.1 Å². The van der Waals surface area contributed by atoms with Gasteiger partial charge in [-0.2, -0.15) is 0 Å². The van der Waals surface area contributed by atoms with Crippen LogP contribution in [-0.4, -0.2) is 0 Å². The highest BCUT2D eigenvalue weighted by Crippen LogP contribution is 2.96. The molecular formula is C17H30. The molecule has 4 rings (SSSR count). The van der Waals surface area contributed by atoms with Crippen molar-refractivity contribution < 1.29 is 0 Å². The Morgan fingerprint density at radius 2 is 0.824 bits per heavy atom. The molecular weight excluding hydrogens is 204 g/mol. The van der Waals surface area contributed by atoms with Crippen LogP contribution < -0.4 is 0 Å². The fourth-order valence-corrected chi connectivity index (χ4v) is 8.23. The van der Waals surface area contributed by atoms with E-state index in [9.17, 15) is 0 Å². The molecule has 0 heteroatoms. The van der Waals surface area contributed by atoms with Crippen molar-refractivity contribution >= 4 is 0 Å². The summed E-state index contributed by atoms with van der Waals surface area (Å²) in [6.07, 6.45) is 0. The normalized spacial score (nSPS) is 65.8. The van der Waals surface area contributed by atoms with E-state index in [1.165, 1.54) is 0 Å². The van der Waals surface area contributed by atoms with E-state index in [2.05, 4.69) is 62.3 Å². The molecule has 0 heterocycles. The van der Waals surface area contributed by atoms with Gasteiger partial charge in [-0.3, -0.25) is 0 Å². The third-order valence-corrected chi connectivity index (χ3v) is 9.84. The molecule has 4 aliphatic rings. The lowest BCUT2D eigenvalue weighted by molar-refractivity contribution is -0.0353. The van der Waals surface area contributed by atoms with Crippen LogP contribution in [-0.2, 0) is 0 Å². The van der Waals surface area contributed by atoms with Gasteiger partial charge in [0.1, 0.15) is 0 Å². The van der Waals surface area contributed by atoms with Gasteiger partial charge in [-0.05, 0) is 44.8 Å². The molecule has 4 unspecified atom stereocenters. The summed E-state index contributed by atoms with van der Waals surface area (Å²) < 4.78 is 0. The van der Waals surface area contributed by atoms with Crippen molar-refractivity contribution in [1.82, 2.24) is 0 Å². The summed E-state index contributed by atoms with van der Waals surface area (Å²) in [5, 5.41) is 0. The Morgan fingerprint density at radius 3 is 1.00 bits per heavy atom. The van der Waals surface area contributed by atoms with E-state index in [0.717, 1.165) is 17.8 Å². The second-order valence-electron chi connectivity index (χ2n) is 8.96. The lowest BCUT2D eigenvalue weighted by Crippen LogP contribution is -2.46. The highest BCUT2D eigenvalue weighted by molar-refractivity contribution is 5.38. The smallest absolute Gasteiger partial charge is 0.0179 e. The minimum atomic E-state index is 0.467. The summed E-state index contributed by atoms with van der Waals surface area (Å²) in [6.45, 7) is 23.1. The lowest BCUT2D eigenvalue weighted by Gasteiger charge is -2.51. The van der Waals surface area contributed by atoms with E-state index in [4.69, 9.17) is 0 Å². The Hall–Kier alpha value is 0. The molecule has 4 fully saturated rings. The number of hydrogen-bond donors (Lipinski definition) is 0. The first-order chi connectivity index (χ1) is 7.44. The van der Waals surface area contributed by atoms with Crippen LogP contribution in [0.5, 0.6) is 0 Å². The first-order valence-corrected chi connectivity index (χ1v) is 7.44. The zero-order chi connectivity index (χ0) is 13.2. The molecule has 0 aromatic rings. The minimum absolute atomic E-state index is 0.467. The lowest BCUT2D eigenvalue weighted by atomic mass is 9.53. The van der Waals surface area contributed by atoms with Gasteiger partial charge in [-0.1, -0.05) is 62.3 Å². The second-order valence-corrected chi connectivity index (χ2v) is 8.96. The van der Waals surface area contributed by atoms with Crippen molar-refractivity contribution in [3.8, 4) is 0 Å². The molecule has 0 aliphatic heterocycles. The summed E-state index contributed by atoms with van der Waals surface area (Å²) in [4.78, 5) is 0. The van der Waals surface area contributed by atoms with E-state index in [-0.39, 0.29) is 0 Å². The molecule has 4 aliphatic carbocycles. The quantitative estimate of drug-likeness (QED) is 0.554. The van der Waals surface area contributed by atoms with E-state index in [1.54, 1.807) is 0 Å². The Labute approximate surface area is 108 Å². The Morgan fingerprint density at radius 1 is 0.529 bits per heavy atom. The van der Waals surface area contributed by atoms with E-state index >= 15 is 0 Å². The molecule has 0 amide bonds. The summed E-state index contributed by atoms with van der Waals surface area (Å²) in [5.41, 5.74) is 2.44. The van der Waals surface area contributed by atoms with Gasteiger partial charge in [-0.25, -0.2) is 0 Å². The molecule has 4 saturated carbocycles. The van der Waals surface area contributed by atoms with Crippen LogP contribution >= 0.6 is 0 Å². The van der Waals surface area contributed by atoms with Crippen molar-refractivity contribution in [2.75, 3.05) is 0 Å². The van der Waals surface area contributed by atoms with Crippen LogP contribution in [0.3, 0.4) is 0 Å². The van der Waals surface area contributed by atoms with Crippen molar-refractivity contribution in [2.24, 2.45) is 44.8 Å². The van der Waals surface area contributed by atoms with Crippen LogP contribution in [0.1, 0.15) is 62.3 Å². The van der Waals surface area contributed by atoms with Crippen LogP contribution in [0.2, 0.25) is 0 Å². The largest absolute Gasteiger partial charge is 0.0616 e. The van der Waals surface area contributed by atoms with Crippen molar-refractivity contribution in [3.05, 3.63) is 0 Å². The molecule has 4 atom stereocenters. The summed E-state index contributed by atoms with van der Waals surface area (Å²) in [5.74, 6) is 2.69. The number of hydrogen-bond acceptors (Lipinski definition) is 0. The maximum atomic E-state index is 2.61. The molecule has 17 heavy (non-hydrogen) atoms. The Kier molecular flexibility index (Phi) is 1.68. The maximum Gasteiger partial charge on any atom is -0.0179 e. The summed E-state index contributed by atoms with van der Waals surface area (Å²) in [6, 6.07) is 0. The Bertz CT molecular complexity index is 356. The average Bonchev–Trinajstić information content (AvgIpc) is 2.52. The molecule has 4 bridgehead atoms. The van der Waals surface area contributed by atoms with Crippen molar-refractivity contribution in [1.29, 1.82) is 0 Å². The fourth-order valence-electron chi connectivity index (χ4n) is 8.23. The van der Waals surface area contributed by atoms with E-state index < -0.39 is 0 Å². The SMILES string of the molecule is CC1C2C(C)C3(C)C(C)(C)C2(C)C(C)(C)C13C. The summed E-state index contributed by atoms with van der Waals surface area (Å²) in [7, 11) is 0. The monoisotopic (exact) mass is 234 g/mol. The number of rotatable bonds is 0. The van der Waals surface area contributed by atoms with Crippen LogP contribution in [0, 0.1) is 44.8 Å². The first kappa shape index (κ1) is 12.1. The standard InChI is InChI=1S/C17H30/c1-10-12-11(2)16(8)14(5,6)17(12,9)13(3,4)15(10,16)7/h10-12H,1-9H3. The molecule has 0 aromatic heterocycles. The third kappa shape index (κ3) is 0.622. The van der Waals surface area contributed by atoms with Gasteiger partial charge in [0, 0.05) is 0 Å². The van der Waals surface area contributed by atoms with Crippen LogP contribution in [0.25, 0.3) is 0 Å². The van der Waals surface area contributed by atoms with Gasteiger partial charge >= 0.3 is 0 Å². The molecule has 0 saturated heterocycles. The first-order valence-electron chi connectivity index (χ1n) is 7.44. The van der Waals surface area contributed by atoms with Gasteiger partial charge in [0.25, 0.3) is 0 Å². The second kappa shape index (κ2) is 2.37. The van der Waals surface area contributed by atoms with Gasteiger partial charge in [0.05, 0.1) is 0 Å². The van der Waals surface area contributed by atoms with Gasteiger partial charge < -0.3 is 0 Å². The van der Waals surface area contributed by atoms with Crippen LogP contribution in [0.15, 0.2) is 0 Å². The minimum Gasteiger partial charge on any atom is -0.0616 e. The predicted octanol–water partition coefficient (Wildman–Crippen LogP) is 4.99.